The third kappa shape index (κ3) is 4.73. The number of nitrogens with zero attached hydrogens (tertiary/aromatic N) is 2. The molecule has 1 atom stereocenters. The minimum Gasteiger partial charge on any atom is -0.343 e. The van der Waals surface area contributed by atoms with Crippen LogP contribution in [0.5, 0.6) is 0 Å². The monoisotopic (exact) mass is 432 g/mol. The lowest BCUT2D eigenvalue weighted by Crippen LogP contribution is -2.45. The van der Waals surface area contributed by atoms with Crippen molar-refractivity contribution < 1.29 is 14.4 Å². The van der Waals surface area contributed by atoms with Crippen molar-refractivity contribution in [3.05, 3.63) is 51.8 Å². The molecule has 7 heteroatoms. The number of carbonyl (C=O) groups is 3. The number of rotatable bonds is 5. The van der Waals surface area contributed by atoms with Crippen LogP contribution in [-0.2, 0) is 11.8 Å². The Morgan fingerprint density at radius 3 is 2.31 bits per heavy atom. The molecule has 1 heterocycles. The van der Waals surface area contributed by atoms with E-state index in [1.54, 1.807) is 43.7 Å². The van der Waals surface area contributed by atoms with E-state index in [0.717, 1.165) is 5.56 Å². The van der Waals surface area contributed by atoms with Crippen LogP contribution in [0.4, 0.5) is 5.69 Å². The van der Waals surface area contributed by atoms with Gasteiger partial charge in [-0.1, -0.05) is 32.8 Å². The summed E-state index contributed by atoms with van der Waals surface area (Å²) in [6, 6.07) is 6.49. The summed E-state index contributed by atoms with van der Waals surface area (Å²) in [6.07, 6.45) is 5.52. The number of benzene rings is 1. The van der Waals surface area contributed by atoms with E-state index < -0.39 is 29.1 Å². The Morgan fingerprint density at radius 2 is 1.78 bits per heavy atom. The molecule has 0 radical (unpaired) electrons. The molecule has 166 valence electrons. The molecule has 2 rings (SSSR count). The number of nitrogens with one attached hydrogen (secondary N) is 2. The fraction of sp³-hybridized carbons (Fsp3) is 0.360. The minimum atomic E-state index is -0.816. The van der Waals surface area contributed by atoms with Crippen molar-refractivity contribution in [1.29, 1.82) is 5.26 Å². The molecule has 1 aromatic heterocycles. The molecule has 2 N–H and O–H groups in total. The van der Waals surface area contributed by atoms with Gasteiger partial charge in [0.2, 0.25) is 0 Å². The van der Waals surface area contributed by atoms with E-state index >= 15 is 0 Å². The van der Waals surface area contributed by atoms with Gasteiger partial charge in [0, 0.05) is 18.4 Å². The second-order valence-corrected chi connectivity index (χ2v) is 8.86. The van der Waals surface area contributed by atoms with Crippen molar-refractivity contribution in [1.82, 2.24) is 9.88 Å². The Labute approximate surface area is 188 Å². The maximum Gasteiger partial charge on any atom is 0.293 e. The molecule has 1 aromatic carbocycles. The highest BCUT2D eigenvalue weighted by molar-refractivity contribution is 6.43. The first kappa shape index (κ1) is 24.4. The first-order valence-electron chi connectivity index (χ1n) is 10.1. The number of carbonyl (C=O) groups excluding carboxylic acids is 3. The van der Waals surface area contributed by atoms with Gasteiger partial charge in [0.1, 0.15) is 5.69 Å². The van der Waals surface area contributed by atoms with Gasteiger partial charge in [-0.05, 0) is 49.4 Å². The van der Waals surface area contributed by atoms with Crippen LogP contribution in [0, 0.1) is 49.9 Å². The first-order chi connectivity index (χ1) is 14.8. The summed E-state index contributed by atoms with van der Waals surface area (Å²) in [7, 11) is 1.65. The average Bonchev–Trinajstić information content (AvgIpc) is 2.94. The second kappa shape index (κ2) is 9.11. The Bertz CT molecular complexity index is 1180. The van der Waals surface area contributed by atoms with Crippen molar-refractivity contribution in [2.75, 3.05) is 5.32 Å². The Kier molecular flexibility index (Phi) is 6.96. The van der Waals surface area contributed by atoms with Crippen LogP contribution in [-0.4, -0.2) is 28.2 Å². The Morgan fingerprint density at radius 1 is 1.16 bits per heavy atom. The molecule has 0 fully saturated rings. The standard InChI is InChI=1S/C25H28N4O3/c1-9-19(25(5,6)7)28-24(32)22(30)20-15(3)21(29(8)16(20)4)23(31)27-18-11-10-14(2)17(12-18)13-26/h1,10-12,19H,2-8H3,(H,27,31)(H,28,32). The van der Waals surface area contributed by atoms with Gasteiger partial charge >= 0.3 is 0 Å². The van der Waals surface area contributed by atoms with E-state index in [2.05, 4.69) is 22.6 Å². The van der Waals surface area contributed by atoms with E-state index in [1.165, 1.54) is 0 Å². The summed E-state index contributed by atoms with van der Waals surface area (Å²) < 4.78 is 1.58. The number of Topliss-reactive ketones (excluding diaryl/α,β-unsaturated/α-hetero) is 1. The number of nitriles is 1. The number of amides is 2. The van der Waals surface area contributed by atoms with Crippen LogP contribution >= 0.6 is 0 Å². The van der Waals surface area contributed by atoms with Gasteiger partial charge in [-0.15, -0.1) is 6.42 Å². The minimum absolute atomic E-state index is 0.168. The van der Waals surface area contributed by atoms with Crippen LogP contribution in [0.25, 0.3) is 0 Å². The van der Waals surface area contributed by atoms with Crippen molar-refractivity contribution in [2.45, 2.75) is 47.6 Å². The zero-order chi connectivity index (χ0) is 24.4. The number of hydrogen-bond acceptors (Lipinski definition) is 4. The molecular weight excluding hydrogens is 404 g/mol. The Hall–Kier alpha value is -3.84. The third-order valence-corrected chi connectivity index (χ3v) is 5.50. The molecule has 0 aliphatic rings. The van der Waals surface area contributed by atoms with Gasteiger partial charge in [0.05, 0.1) is 23.2 Å². The van der Waals surface area contributed by atoms with E-state index in [9.17, 15) is 19.6 Å². The summed E-state index contributed by atoms with van der Waals surface area (Å²) in [5, 5.41) is 14.6. The topological polar surface area (TPSA) is 104 Å². The molecule has 0 aliphatic heterocycles. The van der Waals surface area contributed by atoms with Crippen LogP contribution < -0.4 is 10.6 Å². The normalized spacial score (nSPS) is 11.8. The number of anilines is 1. The molecule has 2 amide bonds. The molecule has 2 aromatic rings. The molecule has 32 heavy (non-hydrogen) atoms. The first-order valence-corrected chi connectivity index (χ1v) is 10.1. The zero-order valence-electron chi connectivity index (χ0n) is 19.5. The number of aromatic nitrogens is 1. The lowest BCUT2D eigenvalue weighted by molar-refractivity contribution is -0.117. The van der Waals surface area contributed by atoms with Crippen LogP contribution in [0.15, 0.2) is 18.2 Å². The predicted molar refractivity (Wildman–Crippen MR) is 123 cm³/mol. The SMILES string of the molecule is C#CC(NC(=O)C(=O)c1c(C)c(C(=O)Nc2ccc(C)c(C#N)c2)n(C)c1C)C(C)(C)C. The van der Waals surface area contributed by atoms with Gasteiger partial charge < -0.3 is 15.2 Å². The fourth-order valence-corrected chi connectivity index (χ4v) is 3.46. The molecule has 7 nitrogen and oxygen atoms in total. The van der Waals surface area contributed by atoms with Gasteiger partial charge in [-0.3, -0.25) is 14.4 Å². The molecule has 0 saturated heterocycles. The number of terminal acetylenes is 1. The summed E-state index contributed by atoms with van der Waals surface area (Å²) >= 11 is 0. The van der Waals surface area contributed by atoms with Crippen molar-refractivity contribution >= 4 is 23.3 Å². The smallest absolute Gasteiger partial charge is 0.293 e. The van der Waals surface area contributed by atoms with Crippen LogP contribution in [0.3, 0.4) is 0 Å². The highest BCUT2D eigenvalue weighted by Gasteiger charge is 2.31. The largest absolute Gasteiger partial charge is 0.343 e. The van der Waals surface area contributed by atoms with Gasteiger partial charge in [-0.2, -0.15) is 5.26 Å². The highest BCUT2D eigenvalue weighted by atomic mass is 16.2. The predicted octanol–water partition coefficient (Wildman–Crippen LogP) is 3.42. The number of ketones is 1. The van der Waals surface area contributed by atoms with Crippen molar-refractivity contribution in [3.63, 3.8) is 0 Å². The maximum atomic E-state index is 13.0. The Balaban J connectivity index is 2.37. The van der Waals surface area contributed by atoms with Crippen LogP contribution in [0.1, 0.15) is 64.0 Å². The molecule has 0 saturated carbocycles. The molecular formula is C25H28N4O3. The summed E-state index contributed by atoms with van der Waals surface area (Å²) in [6.45, 7) is 10.7. The number of hydrogen-bond donors (Lipinski definition) is 2. The van der Waals surface area contributed by atoms with Crippen molar-refractivity contribution in [3.8, 4) is 18.4 Å². The molecule has 0 bridgehead atoms. The van der Waals surface area contributed by atoms with Crippen LogP contribution in [0.2, 0.25) is 0 Å². The van der Waals surface area contributed by atoms with E-state index in [1.807, 2.05) is 27.7 Å². The van der Waals surface area contributed by atoms with E-state index in [-0.39, 0.29) is 11.3 Å². The lowest BCUT2D eigenvalue weighted by Gasteiger charge is -2.26. The van der Waals surface area contributed by atoms with Crippen molar-refractivity contribution in [2.24, 2.45) is 12.5 Å². The molecule has 0 spiro atoms. The summed E-state index contributed by atoms with van der Waals surface area (Å²) in [4.78, 5) is 38.6. The van der Waals surface area contributed by atoms with Gasteiger partial charge in [0.25, 0.3) is 17.6 Å². The van der Waals surface area contributed by atoms with E-state index in [0.29, 0.717) is 22.5 Å². The second-order valence-electron chi connectivity index (χ2n) is 8.86. The fourth-order valence-electron chi connectivity index (χ4n) is 3.46. The van der Waals surface area contributed by atoms with Gasteiger partial charge in [-0.25, -0.2) is 0 Å². The highest BCUT2D eigenvalue weighted by Crippen LogP contribution is 2.24. The molecule has 1 unspecified atom stereocenters. The maximum absolute atomic E-state index is 13.0. The summed E-state index contributed by atoms with van der Waals surface area (Å²) in [5.74, 6) is 0.495. The summed E-state index contributed by atoms with van der Waals surface area (Å²) in [5.41, 5.74) is 2.59. The average molecular weight is 433 g/mol. The zero-order valence-corrected chi connectivity index (χ0v) is 19.5. The quantitative estimate of drug-likeness (QED) is 0.429. The third-order valence-electron chi connectivity index (χ3n) is 5.50. The number of aryl methyl sites for hydroxylation is 1. The molecule has 0 aliphatic carbocycles. The van der Waals surface area contributed by atoms with Gasteiger partial charge in [0.15, 0.2) is 0 Å². The van der Waals surface area contributed by atoms with E-state index in [4.69, 9.17) is 6.42 Å². The lowest BCUT2D eigenvalue weighted by atomic mass is 9.87.